The smallest absolute Gasteiger partial charge is 0.240 e. The number of carbonyl (C=O) groups excluding carboxylic acids is 1. The summed E-state index contributed by atoms with van der Waals surface area (Å²) in [7, 11) is 1.54. The molecule has 0 spiro atoms. The number of ketones is 1. The van der Waals surface area contributed by atoms with Gasteiger partial charge in [-0.05, 0) is 37.1 Å². The largest absolute Gasteiger partial charge is 0.503 e. The number of ether oxygens (including phenoxy) is 1. The first kappa shape index (κ1) is 21.8. The van der Waals surface area contributed by atoms with E-state index in [9.17, 15) is 15.0 Å². The third-order valence-corrected chi connectivity index (χ3v) is 6.57. The Morgan fingerprint density at radius 2 is 1.82 bits per heavy atom. The van der Waals surface area contributed by atoms with Crippen molar-refractivity contribution < 1.29 is 24.3 Å². The predicted octanol–water partition coefficient (Wildman–Crippen LogP) is 5.83. The number of aromatic hydroxyl groups is 2. The Bertz CT molecular complexity index is 1300. The maximum absolute atomic E-state index is 13.6. The van der Waals surface area contributed by atoms with Crippen LogP contribution in [0.25, 0.3) is 16.9 Å². The SMILES string of the molecule is COc1cccc(C(=O)c2c(O)c(O)n(-c3ccc(-c4ccon4)cc3)c2C2CCCCC2)c1. The minimum Gasteiger partial charge on any atom is -0.503 e. The molecular weight excluding hydrogens is 432 g/mol. The van der Waals surface area contributed by atoms with Gasteiger partial charge in [0.05, 0.1) is 12.7 Å². The summed E-state index contributed by atoms with van der Waals surface area (Å²) in [6.07, 6.45) is 6.50. The van der Waals surface area contributed by atoms with E-state index in [1.54, 1.807) is 42.0 Å². The molecule has 7 heteroatoms. The highest BCUT2D eigenvalue weighted by Gasteiger charge is 2.33. The Kier molecular flexibility index (Phi) is 5.84. The monoisotopic (exact) mass is 458 g/mol. The Morgan fingerprint density at radius 3 is 2.50 bits per heavy atom. The van der Waals surface area contributed by atoms with E-state index >= 15 is 0 Å². The maximum Gasteiger partial charge on any atom is 0.240 e. The summed E-state index contributed by atoms with van der Waals surface area (Å²) in [6.45, 7) is 0. The van der Waals surface area contributed by atoms with E-state index in [4.69, 9.17) is 9.26 Å². The molecular formula is C27H26N2O5. The van der Waals surface area contributed by atoms with E-state index < -0.39 is 5.75 Å². The summed E-state index contributed by atoms with van der Waals surface area (Å²) >= 11 is 0. The van der Waals surface area contributed by atoms with Gasteiger partial charge in [0.1, 0.15) is 17.7 Å². The number of methoxy groups -OCH3 is 1. The highest BCUT2D eigenvalue weighted by Crippen LogP contribution is 2.46. The molecule has 0 atom stereocenters. The van der Waals surface area contributed by atoms with E-state index in [-0.39, 0.29) is 23.1 Å². The molecule has 1 fully saturated rings. The van der Waals surface area contributed by atoms with Crippen molar-refractivity contribution in [2.75, 3.05) is 7.11 Å². The Hall–Kier alpha value is -4.00. The second-order valence-corrected chi connectivity index (χ2v) is 8.60. The van der Waals surface area contributed by atoms with Crippen molar-refractivity contribution in [2.24, 2.45) is 0 Å². The molecule has 5 rings (SSSR count). The van der Waals surface area contributed by atoms with Crippen LogP contribution in [0.2, 0.25) is 0 Å². The van der Waals surface area contributed by atoms with Crippen molar-refractivity contribution in [3.05, 3.63) is 77.7 Å². The van der Waals surface area contributed by atoms with Gasteiger partial charge < -0.3 is 19.5 Å². The molecule has 0 amide bonds. The van der Waals surface area contributed by atoms with Crippen molar-refractivity contribution in [3.63, 3.8) is 0 Å². The fraction of sp³-hybridized carbons (Fsp3) is 0.259. The Balaban J connectivity index is 1.65. The van der Waals surface area contributed by atoms with Crippen molar-refractivity contribution in [1.82, 2.24) is 9.72 Å². The maximum atomic E-state index is 13.6. The number of aromatic nitrogens is 2. The van der Waals surface area contributed by atoms with Gasteiger partial charge in [-0.3, -0.25) is 9.36 Å². The molecule has 7 nitrogen and oxygen atoms in total. The van der Waals surface area contributed by atoms with E-state index in [2.05, 4.69) is 5.16 Å². The quantitative estimate of drug-likeness (QED) is 0.353. The van der Waals surface area contributed by atoms with Gasteiger partial charge in [-0.25, -0.2) is 0 Å². The molecule has 0 aliphatic heterocycles. The van der Waals surface area contributed by atoms with Crippen LogP contribution >= 0.6 is 0 Å². The average molecular weight is 459 g/mol. The molecule has 0 unspecified atom stereocenters. The molecule has 4 aromatic rings. The predicted molar refractivity (Wildman–Crippen MR) is 127 cm³/mol. The second-order valence-electron chi connectivity index (χ2n) is 8.60. The second kappa shape index (κ2) is 9.09. The number of hydrogen-bond donors (Lipinski definition) is 2. The molecule has 1 aliphatic carbocycles. The van der Waals surface area contributed by atoms with Crippen LogP contribution < -0.4 is 4.74 Å². The molecule has 1 aliphatic rings. The van der Waals surface area contributed by atoms with Gasteiger partial charge in [0, 0.05) is 34.5 Å². The number of carbonyl (C=O) groups is 1. The van der Waals surface area contributed by atoms with Gasteiger partial charge in [0.15, 0.2) is 11.5 Å². The van der Waals surface area contributed by atoms with E-state index in [0.29, 0.717) is 28.4 Å². The van der Waals surface area contributed by atoms with Gasteiger partial charge >= 0.3 is 0 Å². The summed E-state index contributed by atoms with van der Waals surface area (Å²) in [5, 5.41) is 26.0. The standard InChI is InChI=1S/C27H26N2O5/c1-33-21-9-5-8-19(16-21)25(30)23-24(18-6-3-2-4-7-18)29(27(32)26(23)31)20-12-10-17(11-13-20)22-14-15-34-28-22/h5,8-16,18,31-32H,2-4,6-7H2,1H3. The van der Waals surface area contributed by atoms with Crippen molar-refractivity contribution >= 4 is 5.78 Å². The van der Waals surface area contributed by atoms with Crippen molar-refractivity contribution in [2.45, 2.75) is 38.0 Å². The molecule has 2 heterocycles. The fourth-order valence-electron chi connectivity index (χ4n) is 4.86. The van der Waals surface area contributed by atoms with Crippen LogP contribution in [0.3, 0.4) is 0 Å². The van der Waals surface area contributed by atoms with E-state index in [1.807, 2.05) is 24.3 Å². The van der Waals surface area contributed by atoms with Gasteiger partial charge in [-0.2, -0.15) is 0 Å². The van der Waals surface area contributed by atoms with Gasteiger partial charge in [0.2, 0.25) is 5.88 Å². The molecule has 2 aromatic heterocycles. The van der Waals surface area contributed by atoms with E-state index in [0.717, 1.165) is 37.7 Å². The molecule has 174 valence electrons. The van der Waals surface area contributed by atoms with Crippen LogP contribution in [0.1, 0.15) is 59.6 Å². The average Bonchev–Trinajstić information content (AvgIpc) is 3.52. The molecule has 0 saturated heterocycles. The topological polar surface area (TPSA) is 97.7 Å². The van der Waals surface area contributed by atoms with Crippen LogP contribution in [0.15, 0.2) is 65.4 Å². The van der Waals surface area contributed by atoms with Gasteiger partial charge in [-0.15, -0.1) is 0 Å². The lowest BCUT2D eigenvalue weighted by molar-refractivity contribution is 0.103. The minimum absolute atomic E-state index is 0.0420. The Labute approximate surface area is 197 Å². The highest BCUT2D eigenvalue weighted by atomic mass is 16.5. The lowest BCUT2D eigenvalue weighted by Gasteiger charge is -2.25. The van der Waals surface area contributed by atoms with Gasteiger partial charge in [-0.1, -0.05) is 48.7 Å². The third-order valence-electron chi connectivity index (χ3n) is 6.57. The van der Waals surface area contributed by atoms with Gasteiger partial charge in [0.25, 0.3) is 0 Å². The summed E-state index contributed by atoms with van der Waals surface area (Å²) in [5.41, 5.74) is 3.42. The van der Waals surface area contributed by atoms with Crippen LogP contribution in [0.4, 0.5) is 0 Å². The minimum atomic E-state index is -0.394. The summed E-state index contributed by atoms with van der Waals surface area (Å²) in [5.74, 6) is -0.475. The lowest BCUT2D eigenvalue weighted by Crippen LogP contribution is -2.14. The molecule has 0 bridgehead atoms. The van der Waals surface area contributed by atoms with Crippen LogP contribution in [0, 0.1) is 0 Å². The molecule has 34 heavy (non-hydrogen) atoms. The summed E-state index contributed by atoms with van der Waals surface area (Å²) in [6, 6.07) is 16.0. The first-order chi connectivity index (χ1) is 16.6. The fourth-order valence-corrected chi connectivity index (χ4v) is 4.86. The normalized spacial score (nSPS) is 14.3. The third kappa shape index (κ3) is 3.83. The van der Waals surface area contributed by atoms with Crippen LogP contribution in [0.5, 0.6) is 17.4 Å². The highest BCUT2D eigenvalue weighted by molar-refractivity contribution is 6.12. The number of benzene rings is 2. The van der Waals surface area contributed by atoms with Crippen LogP contribution in [-0.4, -0.2) is 32.8 Å². The Morgan fingerprint density at radius 1 is 1.06 bits per heavy atom. The first-order valence-corrected chi connectivity index (χ1v) is 11.4. The molecule has 0 radical (unpaired) electrons. The molecule has 1 saturated carbocycles. The summed E-state index contributed by atoms with van der Waals surface area (Å²) < 4.78 is 11.8. The zero-order valence-corrected chi connectivity index (χ0v) is 18.9. The number of rotatable bonds is 6. The first-order valence-electron chi connectivity index (χ1n) is 11.4. The molecule has 2 N–H and O–H groups in total. The number of hydrogen-bond acceptors (Lipinski definition) is 6. The van der Waals surface area contributed by atoms with Crippen LogP contribution in [-0.2, 0) is 0 Å². The van der Waals surface area contributed by atoms with Crippen molar-refractivity contribution in [3.8, 4) is 34.3 Å². The zero-order valence-electron chi connectivity index (χ0n) is 18.9. The number of nitrogens with zero attached hydrogens (tertiary/aromatic N) is 2. The van der Waals surface area contributed by atoms with E-state index in [1.165, 1.54) is 6.26 Å². The van der Waals surface area contributed by atoms with Crippen molar-refractivity contribution in [1.29, 1.82) is 0 Å². The zero-order chi connectivity index (χ0) is 23.7. The lowest BCUT2D eigenvalue weighted by atomic mass is 9.84. The summed E-state index contributed by atoms with van der Waals surface area (Å²) in [4.78, 5) is 13.6. The molecule has 2 aromatic carbocycles.